The Hall–Kier alpha value is -3.10. The van der Waals surface area contributed by atoms with Crippen LogP contribution >= 0.6 is 0 Å². The van der Waals surface area contributed by atoms with Crippen molar-refractivity contribution in [2.24, 2.45) is 5.92 Å². The highest BCUT2D eigenvalue weighted by Gasteiger charge is 2.33. The third kappa shape index (κ3) is 2.91. The van der Waals surface area contributed by atoms with Crippen LogP contribution in [0.3, 0.4) is 0 Å². The number of hydrogen-bond acceptors (Lipinski definition) is 6. The quantitative estimate of drug-likeness (QED) is 0.680. The van der Waals surface area contributed by atoms with Crippen molar-refractivity contribution >= 4 is 22.6 Å². The van der Waals surface area contributed by atoms with E-state index in [4.69, 9.17) is 10.2 Å². The number of nitrogens with two attached hydrogens (primary N) is 1. The molecule has 3 heterocycles. The van der Waals surface area contributed by atoms with E-state index in [0.29, 0.717) is 36.3 Å². The molecule has 2 aliphatic rings. The number of aromatic amines is 1. The number of hydrogen-bond donors (Lipinski definition) is 2. The topological polar surface area (TPSA) is 110 Å². The number of aryl methyl sites for hydroxylation is 2. The highest BCUT2D eigenvalue weighted by Crippen LogP contribution is 2.40. The summed E-state index contributed by atoms with van der Waals surface area (Å²) in [6.45, 7) is 4.77. The zero-order valence-corrected chi connectivity index (χ0v) is 17.0. The van der Waals surface area contributed by atoms with Gasteiger partial charge in [-0.1, -0.05) is 0 Å². The Kier molecular flexibility index (Phi) is 4.23. The average Bonchev–Trinajstić information content (AvgIpc) is 3.29. The monoisotopic (exact) mass is 413 g/mol. The van der Waals surface area contributed by atoms with Gasteiger partial charge >= 0.3 is 5.69 Å². The molecule has 3 N–H and O–H groups in total. The van der Waals surface area contributed by atoms with Crippen molar-refractivity contribution in [2.45, 2.75) is 45.6 Å². The molecule has 1 unspecified atom stereocenters. The summed E-state index contributed by atoms with van der Waals surface area (Å²) >= 11 is 0. The lowest BCUT2D eigenvalue weighted by Crippen LogP contribution is -2.32. The average molecular weight is 413 g/mol. The van der Waals surface area contributed by atoms with Crippen LogP contribution < -0.4 is 21.9 Å². The Balaban J connectivity index is 1.59. The molecule has 9 heteroatoms. The van der Waals surface area contributed by atoms with Crippen LogP contribution in [0.5, 0.6) is 0 Å². The molecule has 1 atom stereocenters. The fraction of sp³-hybridized carbons (Fsp3) is 0.476. The van der Waals surface area contributed by atoms with Gasteiger partial charge in [0.2, 0.25) is 0 Å². The van der Waals surface area contributed by atoms with Crippen LogP contribution in [0.1, 0.15) is 42.1 Å². The molecule has 0 amide bonds. The number of oxazole rings is 1. The summed E-state index contributed by atoms with van der Waals surface area (Å²) in [5.41, 5.74) is 7.39. The standard InChI is InChI=1S/C21H24FN5O3/c1-10-15-17(27(14-3-4-14)21(29)25-19(15)28)11(2)18(16(10)22)26-6-5-12(8-26)7-13-9-30-20(23)24-13/h9,12,14H,3-8H2,1-2H3,(H2,23,24)(H,25,28,29). The van der Waals surface area contributed by atoms with Crippen LogP contribution in [-0.4, -0.2) is 27.6 Å². The Bertz CT molecular complexity index is 1270. The van der Waals surface area contributed by atoms with Crippen molar-refractivity contribution in [3.8, 4) is 0 Å². The molecule has 1 aliphatic carbocycles. The molecule has 1 aromatic carbocycles. The fourth-order valence-corrected chi connectivity index (χ4v) is 4.80. The largest absolute Gasteiger partial charge is 0.432 e. The second-order valence-electron chi connectivity index (χ2n) is 8.48. The maximum atomic E-state index is 15.5. The van der Waals surface area contributed by atoms with E-state index in [9.17, 15) is 9.59 Å². The molecular formula is C21H24FN5O3. The molecule has 1 saturated heterocycles. The molecule has 3 aromatic rings. The predicted molar refractivity (Wildman–Crippen MR) is 111 cm³/mol. The zero-order valence-electron chi connectivity index (χ0n) is 17.0. The molecule has 5 rings (SSSR count). The number of H-pyrrole nitrogens is 1. The lowest BCUT2D eigenvalue weighted by Gasteiger charge is -2.25. The molecule has 8 nitrogen and oxygen atoms in total. The summed E-state index contributed by atoms with van der Waals surface area (Å²) in [6.07, 6.45) is 4.92. The van der Waals surface area contributed by atoms with Crippen molar-refractivity contribution in [3.63, 3.8) is 0 Å². The van der Waals surface area contributed by atoms with Gasteiger partial charge in [-0.2, -0.15) is 4.98 Å². The number of nitrogen functional groups attached to an aromatic ring is 1. The Labute approximate surface area is 171 Å². The van der Waals surface area contributed by atoms with E-state index in [1.165, 1.54) is 0 Å². The highest BCUT2D eigenvalue weighted by atomic mass is 19.1. The lowest BCUT2D eigenvalue weighted by atomic mass is 10.0. The van der Waals surface area contributed by atoms with E-state index in [-0.39, 0.29) is 28.9 Å². The molecular weight excluding hydrogens is 389 g/mol. The van der Waals surface area contributed by atoms with E-state index in [1.54, 1.807) is 17.8 Å². The van der Waals surface area contributed by atoms with Crippen LogP contribution in [0.2, 0.25) is 0 Å². The molecule has 30 heavy (non-hydrogen) atoms. The predicted octanol–water partition coefficient (Wildman–Crippen LogP) is 2.42. The zero-order chi connectivity index (χ0) is 21.2. The molecule has 0 radical (unpaired) electrons. The smallest absolute Gasteiger partial charge is 0.329 e. The third-order valence-electron chi connectivity index (χ3n) is 6.35. The van der Waals surface area contributed by atoms with Crippen LogP contribution in [-0.2, 0) is 6.42 Å². The van der Waals surface area contributed by atoms with Gasteiger partial charge < -0.3 is 15.1 Å². The number of fused-ring (bicyclic) bond motifs is 1. The van der Waals surface area contributed by atoms with Crippen LogP contribution in [0.15, 0.2) is 20.3 Å². The van der Waals surface area contributed by atoms with Gasteiger partial charge in [0, 0.05) is 30.3 Å². The van der Waals surface area contributed by atoms with Gasteiger partial charge in [0.25, 0.3) is 11.6 Å². The van der Waals surface area contributed by atoms with Crippen molar-refractivity contribution < 1.29 is 8.81 Å². The van der Waals surface area contributed by atoms with Crippen molar-refractivity contribution in [1.29, 1.82) is 0 Å². The Morgan fingerprint density at radius 3 is 2.70 bits per heavy atom. The van der Waals surface area contributed by atoms with Gasteiger partial charge in [-0.15, -0.1) is 0 Å². The van der Waals surface area contributed by atoms with Crippen molar-refractivity contribution in [3.05, 3.63) is 49.7 Å². The van der Waals surface area contributed by atoms with Crippen LogP contribution in [0, 0.1) is 25.6 Å². The first-order valence-electron chi connectivity index (χ1n) is 10.3. The number of aromatic nitrogens is 3. The summed E-state index contributed by atoms with van der Waals surface area (Å²) in [4.78, 5) is 33.6. The van der Waals surface area contributed by atoms with Gasteiger partial charge in [0.05, 0.1) is 22.3 Å². The minimum absolute atomic E-state index is 0.0669. The van der Waals surface area contributed by atoms with E-state index in [0.717, 1.165) is 25.0 Å². The molecule has 2 aromatic heterocycles. The third-order valence-corrected chi connectivity index (χ3v) is 6.35. The minimum atomic E-state index is -0.527. The number of nitrogens with one attached hydrogen (secondary N) is 1. The molecule has 1 saturated carbocycles. The molecule has 0 bridgehead atoms. The molecule has 2 fully saturated rings. The molecule has 158 valence electrons. The Morgan fingerprint density at radius 2 is 2.03 bits per heavy atom. The fourth-order valence-electron chi connectivity index (χ4n) is 4.80. The van der Waals surface area contributed by atoms with Gasteiger partial charge in [0.15, 0.2) is 5.82 Å². The van der Waals surface area contributed by atoms with Gasteiger partial charge in [-0.3, -0.25) is 14.3 Å². The second kappa shape index (κ2) is 6.72. The summed E-state index contributed by atoms with van der Waals surface area (Å²) in [6, 6.07) is 0.215. The molecule has 1 aliphatic heterocycles. The Morgan fingerprint density at radius 1 is 1.27 bits per heavy atom. The van der Waals surface area contributed by atoms with E-state index >= 15 is 4.39 Å². The maximum Gasteiger partial charge on any atom is 0.329 e. The lowest BCUT2D eigenvalue weighted by molar-refractivity contribution is 0.558. The first-order chi connectivity index (χ1) is 14.3. The second-order valence-corrected chi connectivity index (χ2v) is 8.48. The highest BCUT2D eigenvalue weighted by molar-refractivity contribution is 5.90. The number of benzene rings is 1. The van der Waals surface area contributed by atoms with Gasteiger partial charge in [-0.25, -0.2) is 9.18 Å². The SMILES string of the molecule is Cc1c(F)c(N2CCC(Cc3coc(N)n3)C2)c(C)c2c1c(=O)[nH]c(=O)n2C1CC1. The van der Waals surface area contributed by atoms with Crippen molar-refractivity contribution in [1.82, 2.24) is 14.5 Å². The van der Waals surface area contributed by atoms with Gasteiger partial charge in [-0.05, 0) is 45.4 Å². The van der Waals surface area contributed by atoms with Gasteiger partial charge in [0.1, 0.15) is 6.26 Å². The van der Waals surface area contributed by atoms with Crippen LogP contribution in [0.4, 0.5) is 16.1 Å². The van der Waals surface area contributed by atoms with Crippen molar-refractivity contribution in [2.75, 3.05) is 23.7 Å². The summed E-state index contributed by atoms with van der Waals surface area (Å²) in [5, 5.41) is 0.272. The summed E-state index contributed by atoms with van der Waals surface area (Å²) < 4.78 is 22.2. The molecule has 0 spiro atoms. The van der Waals surface area contributed by atoms with E-state index < -0.39 is 17.1 Å². The minimum Gasteiger partial charge on any atom is -0.432 e. The number of rotatable bonds is 4. The van der Waals surface area contributed by atoms with E-state index in [1.807, 2.05) is 11.8 Å². The number of anilines is 2. The first kappa shape index (κ1) is 18.9. The maximum absolute atomic E-state index is 15.5. The van der Waals surface area contributed by atoms with E-state index in [2.05, 4.69) is 9.97 Å². The summed E-state index contributed by atoms with van der Waals surface area (Å²) in [7, 11) is 0. The normalized spacial score (nSPS) is 19.2. The summed E-state index contributed by atoms with van der Waals surface area (Å²) in [5.74, 6) is -0.105. The van der Waals surface area contributed by atoms with Crippen LogP contribution in [0.25, 0.3) is 10.9 Å². The number of halogens is 1. The first-order valence-corrected chi connectivity index (χ1v) is 10.3. The number of nitrogens with zero attached hydrogens (tertiary/aromatic N) is 3.